The summed E-state index contributed by atoms with van der Waals surface area (Å²) in [5.41, 5.74) is 2.56. The topological polar surface area (TPSA) is 84.5 Å². The average Bonchev–Trinajstić information content (AvgIpc) is 3.23. The summed E-state index contributed by atoms with van der Waals surface area (Å²) >= 11 is 0. The van der Waals surface area contributed by atoms with Crippen LogP contribution in [0.5, 0.6) is 0 Å². The second kappa shape index (κ2) is 7.90. The van der Waals surface area contributed by atoms with Gasteiger partial charge in [0.25, 0.3) is 5.91 Å². The van der Waals surface area contributed by atoms with Crippen LogP contribution in [-0.4, -0.2) is 49.2 Å². The number of nitrogens with one attached hydrogen (secondary N) is 1. The van der Waals surface area contributed by atoms with Crippen molar-refractivity contribution in [2.24, 2.45) is 0 Å². The normalized spacial score (nSPS) is 18.0. The highest BCUT2D eigenvalue weighted by Gasteiger charge is 2.30. The van der Waals surface area contributed by atoms with Crippen molar-refractivity contribution < 1.29 is 17.6 Å². The zero-order valence-corrected chi connectivity index (χ0v) is 16.9. The number of aromatic nitrogens is 1. The lowest BCUT2D eigenvalue weighted by atomic mass is 10.0. The molecule has 1 aliphatic heterocycles. The molecule has 1 saturated heterocycles. The fraction of sp³-hybridized carbons (Fsp3) is 0.526. The molecular weight excluding hydrogens is 366 g/mol. The van der Waals surface area contributed by atoms with E-state index in [4.69, 9.17) is 4.42 Å². The number of hydrogen-bond donors (Lipinski definition) is 1. The minimum absolute atomic E-state index is 0.0335. The van der Waals surface area contributed by atoms with Crippen molar-refractivity contribution in [1.29, 1.82) is 0 Å². The molecule has 2 aromatic rings. The minimum Gasteiger partial charge on any atom is -0.467 e. The Morgan fingerprint density at radius 1 is 1.33 bits per heavy atom. The van der Waals surface area contributed by atoms with Gasteiger partial charge in [0, 0.05) is 30.5 Å². The minimum atomic E-state index is -3.28. The lowest BCUT2D eigenvalue weighted by Crippen LogP contribution is -2.49. The highest BCUT2D eigenvalue weighted by atomic mass is 32.2. The van der Waals surface area contributed by atoms with Crippen LogP contribution in [0.1, 0.15) is 46.8 Å². The molecule has 3 heterocycles. The molecule has 8 heteroatoms. The summed E-state index contributed by atoms with van der Waals surface area (Å²) in [6.07, 6.45) is 5.52. The lowest BCUT2D eigenvalue weighted by Gasteiger charge is -2.35. The summed E-state index contributed by atoms with van der Waals surface area (Å²) in [5, 5.41) is 0. The number of carbonyl (C=O) groups excluding carboxylic acids is 1. The van der Waals surface area contributed by atoms with E-state index in [-0.39, 0.29) is 18.5 Å². The predicted molar refractivity (Wildman–Crippen MR) is 103 cm³/mol. The first kappa shape index (κ1) is 19.7. The van der Waals surface area contributed by atoms with E-state index < -0.39 is 10.0 Å². The monoisotopic (exact) mass is 393 g/mol. The van der Waals surface area contributed by atoms with Crippen molar-refractivity contribution in [1.82, 2.24) is 14.2 Å². The van der Waals surface area contributed by atoms with Gasteiger partial charge in [0.15, 0.2) is 0 Å². The van der Waals surface area contributed by atoms with E-state index in [0.29, 0.717) is 18.7 Å². The van der Waals surface area contributed by atoms with E-state index in [0.717, 1.165) is 42.7 Å². The standard InChI is InChI=1S/C19H27N3O4S/c1-14-11-18(15(2)22(14)13-17-8-6-10-26-17)19(23)21-9-5-4-7-16(21)12-20-27(3,24)25/h6,8,10-11,16,20H,4-5,7,9,12-13H2,1-3H3. The Morgan fingerprint density at radius 3 is 2.78 bits per heavy atom. The van der Waals surface area contributed by atoms with E-state index in [9.17, 15) is 13.2 Å². The van der Waals surface area contributed by atoms with Gasteiger partial charge in [-0.05, 0) is 51.3 Å². The van der Waals surface area contributed by atoms with E-state index in [1.165, 1.54) is 0 Å². The van der Waals surface area contributed by atoms with Crippen LogP contribution >= 0.6 is 0 Å². The molecule has 1 unspecified atom stereocenters. The molecule has 3 rings (SSSR count). The van der Waals surface area contributed by atoms with Gasteiger partial charge in [-0.1, -0.05) is 0 Å². The van der Waals surface area contributed by atoms with Crippen LogP contribution < -0.4 is 4.72 Å². The maximum atomic E-state index is 13.2. The van der Waals surface area contributed by atoms with Gasteiger partial charge in [-0.3, -0.25) is 4.79 Å². The molecule has 0 spiro atoms. The van der Waals surface area contributed by atoms with Crippen LogP contribution in [0.25, 0.3) is 0 Å². The Bertz CT molecular complexity index is 900. The van der Waals surface area contributed by atoms with Crippen LogP contribution in [0.2, 0.25) is 0 Å². The fourth-order valence-corrected chi connectivity index (χ4v) is 4.20. The molecule has 1 amide bonds. The van der Waals surface area contributed by atoms with Gasteiger partial charge < -0.3 is 13.9 Å². The summed E-state index contributed by atoms with van der Waals surface area (Å²) in [6, 6.07) is 5.56. The highest BCUT2D eigenvalue weighted by Crippen LogP contribution is 2.24. The fourth-order valence-electron chi connectivity index (χ4n) is 3.70. The summed E-state index contributed by atoms with van der Waals surface area (Å²) in [7, 11) is -3.28. The molecule has 148 valence electrons. The molecule has 0 aromatic carbocycles. The smallest absolute Gasteiger partial charge is 0.255 e. The molecule has 0 aliphatic carbocycles. The summed E-state index contributed by atoms with van der Waals surface area (Å²) < 4.78 is 32.9. The maximum absolute atomic E-state index is 13.2. The van der Waals surface area contributed by atoms with Gasteiger partial charge >= 0.3 is 0 Å². The van der Waals surface area contributed by atoms with Crippen molar-refractivity contribution in [3.8, 4) is 0 Å². The number of rotatable bonds is 6. The first-order valence-corrected chi connectivity index (χ1v) is 11.1. The highest BCUT2D eigenvalue weighted by molar-refractivity contribution is 7.88. The van der Waals surface area contributed by atoms with Gasteiger partial charge in [-0.25, -0.2) is 13.1 Å². The van der Waals surface area contributed by atoms with Gasteiger partial charge in [-0.15, -0.1) is 0 Å². The molecule has 27 heavy (non-hydrogen) atoms. The van der Waals surface area contributed by atoms with E-state index in [2.05, 4.69) is 9.29 Å². The number of likely N-dealkylation sites (tertiary alicyclic amines) is 1. The maximum Gasteiger partial charge on any atom is 0.255 e. The lowest BCUT2D eigenvalue weighted by molar-refractivity contribution is 0.0618. The zero-order valence-electron chi connectivity index (χ0n) is 16.1. The largest absolute Gasteiger partial charge is 0.467 e. The van der Waals surface area contributed by atoms with Crippen LogP contribution in [0.3, 0.4) is 0 Å². The van der Waals surface area contributed by atoms with Crippen molar-refractivity contribution in [2.45, 2.75) is 45.7 Å². The average molecular weight is 394 g/mol. The molecule has 1 N–H and O–H groups in total. The van der Waals surface area contributed by atoms with Crippen molar-refractivity contribution in [3.05, 3.63) is 47.2 Å². The number of nitrogens with zero attached hydrogens (tertiary/aromatic N) is 2. The van der Waals surface area contributed by atoms with Gasteiger partial charge in [0.2, 0.25) is 10.0 Å². The first-order chi connectivity index (χ1) is 12.8. The van der Waals surface area contributed by atoms with Crippen molar-refractivity contribution >= 4 is 15.9 Å². The van der Waals surface area contributed by atoms with Crippen LogP contribution in [0, 0.1) is 13.8 Å². The number of furan rings is 1. The zero-order chi connectivity index (χ0) is 19.6. The third-order valence-corrected chi connectivity index (χ3v) is 5.86. The quantitative estimate of drug-likeness (QED) is 0.816. The Morgan fingerprint density at radius 2 is 2.11 bits per heavy atom. The molecule has 1 fully saturated rings. The van der Waals surface area contributed by atoms with Crippen LogP contribution in [-0.2, 0) is 16.6 Å². The summed E-state index contributed by atoms with van der Waals surface area (Å²) in [4.78, 5) is 15.1. The molecule has 1 atom stereocenters. The van der Waals surface area contributed by atoms with E-state index in [1.54, 1.807) is 6.26 Å². The molecule has 0 saturated carbocycles. The molecule has 0 radical (unpaired) electrons. The second-order valence-electron chi connectivity index (χ2n) is 7.22. The predicted octanol–water partition coefficient (Wildman–Crippen LogP) is 2.29. The van der Waals surface area contributed by atoms with Gasteiger partial charge in [0.1, 0.15) is 5.76 Å². The number of piperidine rings is 1. The second-order valence-corrected chi connectivity index (χ2v) is 9.05. The number of amides is 1. The number of aryl methyl sites for hydroxylation is 1. The third kappa shape index (κ3) is 4.62. The molecule has 7 nitrogen and oxygen atoms in total. The van der Waals surface area contributed by atoms with E-state index in [1.807, 2.05) is 36.9 Å². The number of sulfonamides is 1. The Kier molecular flexibility index (Phi) is 5.76. The molecule has 1 aliphatic rings. The molecular formula is C19H27N3O4S. The van der Waals surface area contributed by atoms with Crippen molar-refractivity contribution in [3.63, 3.8) is 0 Å². The Labute approximate surface area is 160 Å². The summed E-state index contributed by atoms with van der Waals surface area (Å²) in [6.45, 7) is 5.41. The third-order valence-electron chi connectivity index (χ3n) is 5.17. The number of hydrogen-bond acceptors (Lipinski definition) is 4. The Hall–Kier alpha value is -2.06. The molecule has 2 aromatic heterocycles. The molecule has 0 bridgehead atoms. The van der Waals surface area contributed by atoms with Crippen LogP contribution in [0.4, 0.5) is 0 Å². The first-order valence-electron chi connectivity index (χ1n) is 9.21. The van der Waals surface area contributed by atoms with Gasteiger partial charge in [0.05, 0.1) is 24.6 Å². The van der Waals surface area contributed by atoms with Crippen molar-refractivity contribution in [2.75, 3.05) is 19.3 Å². The Balaban J connectivity index is 1.81. The SMILES string of the molecule is Cc1cc(C(=O)N2CCCCC2CNS(C)(=O)=O)c(C)n1Cc1ccco1. The van der Waals surface area contributed by atoms with Gasteiger partial charge in [-0.2, -0.15) is 0 Å². The van der Waals surface area contributed by atoms with E-state index >= 15 is 0 Å². The van der Waals surface area contributed by atoms with Crippen LogP contribution in [0.15, 0.2) is 28.9 Å². The summed E-state index contributed by atoms with van der Waals surface area (Å²) in [5.74, 6) is 0.804. The number of carbonyl (C=O) groups is 1.